The molecule has 1 aliphatic rings. The molecule has 22 heavy (non-hydrogen) atoms. The molecular formula is C18H17N2O2-. The summed E-state index contributed by atoms with van der Waals surface area (Å²) in [6.07, 6.45) is 3.38. The van der Waals surface area contributed by atoms with Gasteiger partial charge in [-0.3, -0.25) is 9.88 Å². The number of benzene rings is 1. The lowest BCUT2D eigenvalue weighted by atomic mass is 10.0. The quantitative estimate of drug-likeness (QED) is 0.800. The lowest BCUT2D eigenvalue weighted by molar-refractivity contribution is -0.297. The van der Waals surface area contributed by atoms with Crippen LogP contribution in [0.4, 0.5) is 0 Å². The molecule has 0 bridgehead atoms. The largest absolute Gasteiger partial charge is 0.545 e. The van der Waals surface area contributed by atoms with Gasteiger partial charge in [-0.05, 0) is 29.3 Å². The van der Waals surface area contributed by atoms with Gasteiger partial charge < -0.3 is 9.90 Å². The zero-order chi connectivity index (χ0) is 15.4. The second-order valence-corrected chi connectivity index (χ2v) is 5.44. The van der Waals surface area contributed by atoms with Crippen LogP contribution in [0, 0.1) is 0 Å². The number of hydrogen-bond donors (Lipinski definition) is 0. The molecule has 3 rings (SSSR count). The Bertz CT molecular complexity index is 695. The van der Waals surface area contributed by atoms with Crippen LogP contribution in [0.25, 0.3) is 6.08 Å². The molecule has 2 aromatic rings. The Morgan fingerprint density at radius 1 is 1.23 bits per heavy atom. The first kappa shape index (κ1) is 14.5. The van der Waals surface area contributed by atoms with Crippen LogP contribution in [0.2, 0.25) is 0 Å². The molecule has 0 saturated carbocycles. The molecule has 0 fully saturated rings. The summed E-state index contributed by atoms with van der Waals surface area (Å²) in [6, 6.07) is 14.3. The van der Waals surface area contributed by atoms with Crippen LogP contribution in [0.5, 0.6) is 0 Å². The van der Waals surface area contributed by atoms with E-state index in [1.54, 1.807) is 0 Å². The van der Waals surface area contributed by atoms with Crippen molar-refractivity contribution in [3.05, 3.63) is 71.1 Å². The molecule has 0 N–H and O–H groups in total. The Morgan fingerprint density at radius 3 is 2.82 bits per heavy atom. The number of nitrogens with zero attached hydrogens (tertiary/aromatic N) is 2. The first-order valence-corrected chi connectivity index (χ1v) is 7.35. The minimum atomic E-state index is -1.20. The molecule has 0 radical (unpaired) electrons. The first-order valence-electron chi connectivity index (χ1n) is 7.35. The maximum Gasteiger partial charge on any atom is 0.0643 e. The van der Waals surface area contributed by atoms with E-state index in [0.29, 0.717) is 5.69 Å². The molecule has 1 aliphatic heterocycles. The molecule has 0 spiro atoms. The highest BCUT2D eigenvalue weighted by Crippen LogP contribution is 2.20. The highest BCUT2D eigenvalue weighted by atomic mass is 16.4. The third kappa shape index (κ3) is 3.59. The Morgan fingerprint density at radius 2 is 2.05 bits per heavy atom. The molecule has 1 aromatic heterocycles. The van der Waals surface area contributed by atoms with Crippen molar-refractivity contribution in [2.75, 3.05) is 6.54 Å². The number of carboxylic acid groups (broad SMARTS) is 1. The first-order chi connectivity index (χ1) is 10.7. The maximum absolute atomic E-state index is 10.4. The third-order valence-corrected chi connectivity index (χ3v) is 3.79. The molecule has 4 nitrogen and oxygen atoms in total. The fraction of sp³-hybridized carbons (Fsp3) is 0.222. The van der Waals surface area contributed by atoms with Crippen LogP contribution >= 0.6 is 0 Å². The number of carbonyl (C=O) groups excluding carboxylic acids is 1. The van der Waals surface area contributed by atoms with Crippen LogP contribution in [0.1, 0.15) is 22.5 Å². The zero-order valence-corrected chi connectivity index (χ0v) is 12.2. The van der Waals surface area contributed by atoms with Gasteiger partial charge in [0.05, 0.1) is 11.7 Å². The topological polar surface area (TPSA) is 56.3 Å². The molecule has 2 heterocycles. The Labute approximate surface area is 129 Å². The van der Waals surface area contributed by atoms with E-state index in [9.17, 15) is 9.90 Å². The summed E-state index contributed by atoms with van der Waals surface area (Å²) in [6.45, 7) is 2.77. The second-order valence-electron chi connectivity index (χ2n) is 5.44. The number of hydrogen-bond acceptors (Lipinski definition) is 4. The molecule has 0 aliphatic carbocycles. The molecule has 0 atom stereocenters. The molecular weight excluding hydrogens is 276 g/mol. The van der Waals surface area contributed by atoms with Crippen LogP contribution in [-0.4, -0.2) is 22.4 Å². The normalized spacial score (nSPS) is 14.9. The SMILES string of the molecule is O=C([O-])/C=C/c1ccc2c(n1)CCN(Cc1ccccc1)C2. The summed E-state index contributed by atoms with van der Waals surface area (Å²) in [5.74, 6) is -1.20. The average Bonchev–Trinajstić information content (AvgIpc) is 2.54. The number of aliphatic carboxylic acids is 1. The fourth-order valence-corrected chi connectivity index (χ4v) is 2.71. The molecule has 4 heteroatoms. The monoisotopic (exact) mass is 293 g/mol. The summed E-state index contributed by atoms with van der Waals surface area (Å²) in [5.41, 5.74) is 4.25. The van der Waals surface area contributed by atoms with Crippen LogP contribution in [-0.2, 0) is 24.3 Å². The number of carboxylic acids is 1. The second kappa shape index (κ2) is 6.54. The van der Waals surface area contributed by atoms with Crippen molar-refractivity contribution < 1.29 is 9.90 Å². The van der Waals surface area contributed by atoms with E-state index in [0.717, 1.165) is 37.8 Å². The summed E-state index contributed by atoms with van der Waals surface area (Å²) >= 11 is 0. The van der Waals surface area contributed by atoms with Gasteiger partial charge in [0.15, 0.2) is 0 Å². The van der Waals surface area contributed by atoms with Gasteiger partial charge in [0, 0.05) is 31.7 Å². The van der Waals surface area contributed by atoms with E-state index in [1.807, 2.05) is 18.2 Å². The van der Waals surface area contributed by atoms with Gasteiger partial charge in [0.25, 0.3) is 0 Å². The van der Waals surface area contributed by atoms with E-state index < -0.39 is 5.97 Å². The van der Waals surface area contributed by atoms with Crippen molar-refractivity contribution in [3.63, 3.8) is 0 Å². The Hall–Kier alpha value is -2.46. The number of carbonyl (C=O) groups is 1. The predicted molar refractivity (Wildman–Crippen MR) is 82.5 cm³/mol. The van der Waals surface area contributed by atoms with Crippen molar-refractivity contribution in [2.45, 2.75) is 19.5 Å². The minimum Gasteiger partial charge on any atom is -0.545 e. The van der Waals surface area contributed by atoms with Gasteiger partial charge in [-0.15, -0.1) is 0 Å². The van der Waals surface area contributed by atoms with Crippen molar-refractivity contribution in [3.8, 4) is 0 Å². The van der Waals surface area contributed by atoms with E-state index >= 15 is 0 Å². The minimum absolute atomic E-state index is 0.666. The van der Waals surface area contributed by atoms with Gasteiger partial charge in [-0.1, -0.05) is 36.4 Å². The van der Waals surface area contributed by atoms with E-state index in [4.69, 9.17) is 0 Å². The van der Waals surface area contributed by atoms with Crippen LogP contribution < -0.4 is 5.11 Å². The van der Waals surface area contributed by atoms with Crippen molar-refractivity contribution in [1.82, 2.24) is 9.88 Å². The van der Waals surface area contributed by atoms with E-state index in [1.165, 1.54) is 17.2 Å². The molecule has 0 unspecified atom stereocenters. The Balaban J connectivity index is 1.70. The van der Waals surface area contributed by atoms with Gasteiger partial charge in [-0.25, -0.2) is 0 Å². The standard InChI is InChI=1S/C18H18N2O2/c21-18(22)9-8-16-7-6-15-13-20(11-10-17(15)19-16)12-14-4-2-1-3-5-14/h1-9H,10-13H2,(H,21,22)/p-1/b9-8+. The summed E-state index contributed by atoms with van der Waals surface area (Å²) in [4.78, 5) is 17.4. The van der Waals surface area contributed by atoms with Gasteiger partial charge >= 0.3 is 0 Å². The highest BCUT2D eigenvalue weighted by molar-refractivity contribution is 5.83. The summed E-state index contributed by atoms with van der Waals surface area (Å²) < 4.78 is 0. The third-order valence-electron chi connectivity index (χ3n) is 3.79. The predicted octanol–water partition coefficient (Wildman–Crippen LogP) is 1.40. The van der Waals surface area contributed by atoms with E-state index in [2.05, 4.69) is 34.1 Å². The van der Waals surface area contributed by atoms with Gasteiger partial charge in [0.1, 0.15) is 0 Å². The van der Waals surface area contributed by atoms with Crippen molar-refractivity contribution >= 4 is 12.0 Å². The summed E-state index contributed by atoms with van der Waals surface area (Å²) in [5, 5.41) is 10.4. The summed E-state index contributed by atoms with van der Waals surface area (Å²) in [7, 11) is 0. The van der Waals surface area contributed by atoms with Gasteiger partial charge in [-0.2, -0.15) is 0 Å². The van der Waals surface area contributed by atoms with Crippen LogP contribution in [0.3, 0.4) is 0 Å². The van der Waals surface area contributed by atoms with Crippen LogP contribution in [0.15, 0.2) is 48.5 Å². The maximum atomic E-state index is 10.4. The molecule has 0 amide bonds. The zero-order valence-electron chi connectivity index (χ0n) is 12.2. The fourth-order valence-electron chi connectivity index (χ4n) is 2.71. The highest BCUT2D eigenvalue weighted by Gasteiger charge is 2.17. The van der Waals surface area contributed by atoms with Gasteiger partial charge in [0.2, 0.25) is 0 Å². The van der Waals surface area contributed by atoms with Crippen molar-refractivity contribution in [2.24, 2.45) is 0 Å². The number of rotatable bonds is 4. The molecule has 1 aromatic carbocycles. The van der Waals surface area contributed by atoms with E-state index in [-0.39, 0.29) is 0 Å². The Kier molecular flexibility index (Phi) is 4.30. The number of aromatic nitrogens is 1. The lowest BCUT2D eigenvalue weighted by Crippen LogP contribution is -2.30. The van der Waals surface area contributed by atoms with Crippen molar-refractivity contribution in [1.29, 1.82) is 0 Å². The lowest BCUT2D eigenvalue weighted by Gasteiger charge is -2.28. The average molecular weight is 293 g/mol. The molecule has 0 saturated heterocycles. The number of pyridine rings is 1. The smallest absolute Gasteiger partial charge is 0.0643 e. The number of fused-ring (bicyclic) bond motifs is 1. The molecule has 112 valence electrons.